The quantitative estimate of drug-likeness (QED) is 0.735. The number of carbonyl (C=O) groups excluding carboxylic acids is 2. The number of likely N-dealkylation sites (tertiary alicyclic amines) is 1. The van der Waals surface area contributed by atoms with Crippen molar-refractivity contribution in [3.8, 4) is 0 Å². The number of hydrogen-bond donors (Lipinski definition) is 0. The fourth-order valence-electron chi connectivity index (χ4n) is 4.43. The molecule has 152 valence electrons. The van der Waals surface area contributed by atoms with Gasteiger partial charge in [-0.25, -0.2) is 4.57 Å². The van der Waals surface area contributed by atoms with E-state index in [1.165, 1.54) is 11.3 Å². The van der Waals surface area contributed by atoms with E-state index in [1.807, 2.05) is 45.9 Å². The number of pyridine rings is 1. The molecule has 2 saturated heterocycles. The predicted octanol–water partition coefficient (Wildman–Crippen LogP) is 1.31. The Morgan fingerprint density at radius 2 is 1.86 bits per heavy atom. The Hall–Kier alpha value is -2.73. The summed E-state index contributed by atoms with van der Waals surface area (Å²) in [4.78, 5) is 31.7. The average molecular weight is 394 g/mol. The molecule has 4 rings (SSSR count). The molecule has 1 unspecified atom stereocenters. The Labute approximate surface area is 172 Å². The summed E-state index contributed by atoms with van der Waals surface area (Å²) < 4.78 is 1.99. The molecule has 0 N–H and O–H groups in total. The number of aromatic nitrogens is 1. The van der Waals surface area contributed by atoms with E-state index >= 15 is 0 Å². The second-order valence-electron chi connectivity index (χ2n) is 8.14. The molecule has 2 fully saturated rings. The van der Waals surface area contributed by atoms with Gasteiger partial charge in [0.15, 0.2) is 12.4 Å². The molecular weight excluding hydrogens is 364 g/mol. The van der Waals surface area contributed by atoms with Gasteiger partial charge in [0.05, 0.1) is 12.6 Å². The van der Waals surface area contributed by atoms with Crippen LogP contribution in [-0.4, -0.2) is 60.3 Å². The molecule has 6 heteroatoms. The molecule has 1 atom stereocenters. The van der Waals surface area contributed by atoms with Gasteiger partial charge in [-0.3, -0.25) is 14.5 Å². The number of para-hydroxylation sites is 1. The molecule has 1 amide bonds. The van der Waals surface area contributed by atoms with E-state index in [-0.39, 0.29) is 17.7 Å². The number of carbonyl (C=O) groups is 2. The van der Waals surface area contributed by atoms with Crippen molar-refractivity contribution < 1.29 is 14.2 Å². The second-order valence-corrected chi connectivity index (χ2v) is 8.14. The van der Waals surface area contributed by atoms with Gasteiger partial charge in [0.2, 0.25) is 5.91 Å². The number of ketones is 1. The summed E-state index contributed by atoms with van der Waals surface area (Å²) in [7, 11) is 1.98. The Morgan fingerprint density at radius 1 is 1.10 bits per heavy atom. The highest BCUT2D eigenvalue weighted by atomic mass is 16.2. The van der Waals surface area contributed by atoms with Crippen LogP contribution in [0.3, 0.4) is 0 Å². The first-order chi connectivity index (χ1) is 14.0. The van der Waals surface area contributed by atoms with Gasteiger partial charge in [0.25, 0.3) is 0 Å². The topological polar surface area (TPSA) is 47.7 Å². The van der Waals surface area contributed by atoms with Crippen LogP contribution in [0.4, 0.5) is 5.69 Å². The van der Waals surface area contributed by atoms with Gasteiger partial charge in [0.1, 0.15) is 12.8 Å². The molecule has 0 spiro atoms. The highest BCUT2D eigenvalue weighted by Crippen LogP contribution is 2.23. The van der Waals surface area contributed by atoms with E-state index in [0.717, 1.165) is 18.7 Å². The maximum atomic E-state index is 13.2. The van der Waals surface area contributed by atoms with Crippen molar-refractivity contribution in [2.24, 2.45) is 7.05 Å². The first kappa shape index (κ1) is 19.6. The molecule has 29 heavy (non-hydrogen) atoms. The second kappa shape index (κ2) is 8.33. The molecule has 2 aromatic rings. The monoisotopic (exact) mass is 393 g/mol. The van der Waals surface area contributed by atoms with Crippen LogP contribution in [0, 0.1) is 6.92 Å². The van der Waals surface area contributed by atoms with E-state index in [9.17, 15) is 9.59 Å². The van der Waals surface area contributed by atoms with Crippen molar-refractivity contribution in [1.82, 2.24) is 9.80 Å². The molecule has 0 aliphatic carbocycles. The van der Waals surface area contributed by atoms with Crippen LogP contribution in [0.2, 0.25) is 0 Å². The maximum Gasteiger partial charge on any atom is 0.240 e. The minimum absolute atomic E-state index is 0.0978. The van der Waals surface area contributed by atoms with Crippen molar-refractivity contribution in [2.75, 3.05) is 37.6 Å². The number of Topliss-reactive ketones (excluding diaryl/α,β-unsaturated/α-hetero) is 1. The summed E-state index contributed by atoms with van der Waals surface area (Å²) in [6, 6.07) is 12.1. The Bertz CT molecular complexity index is 905. The molecule has 1 aromatic carbocycles. The smallest absolute Gasteiger partial charge is 0.240 e. The molecule has 6 nitrogen and oxygen atoms in total. The molecule has 0 saturated carbocycles. The molecule has 0 radical (unpaired) electrons. The summed E-state index contributed by atoms with van der Waals surface area (Å²) in [6.07, 6.45) is 4.36. The Kier molecular flexibility index (Phi) is 5.62. The van der Waals surface area contributed by atoms with Gasteiger partial charge < -0.3 is 9.80 Å². The SMILES string of the molecule is Cc1ccccc1N1CCN(C(=O)C2CC(=O)CN2Cc2ccc[n+](C)c2)CC1. The first-order valence-corrected chi connectivity index (χ1v) is 10.3. The summed E-state index contributed by atoms with van der Waals surface area (Å²) >= 11 is 0. The summed E-state index contributed by atoms with van der Waals surface area (Å²) in [5.74, 6) is 0.253. The third-order valence-corrected chi connectivity index (χ3v) is 5.96. The van der Waals surface area contributed by atoms with E-state index in [1.54, 1.807) is 0 Å². The van der Waals surface area contributed by atoms with Crippen LogP contribution in [0.1, 0.15) is 17.5 Å². The molecule has 3 heterocycles. The zero-order valence-electron chi connectivity index (χ0n) is 17.3. The number of nitrogens with zero attached hydrogens (tertiary/aromatic N) is 4. The minimum atomic E-state index is -0.335. The number of amides is 1. The summed E-state index contributed by atoms with van der Waals surface area (Å²) in [5.41, 5.74) is 3.62. The fourth-order valence-corrected chi connectivity index (χ4v) is 4.43. The third-order valence-electron chi connectivity index (χ3n) is 5.96. The normalized spacial score (nSPS) is 20.3. The van der Waals surface area contributed by atoms with E-state index in [4.69, 9.17) is 0 Å². The highest BCUT2D eigenvalue weighted by Gasteiger charge is 2.38. The van der Waals surface area contributed by atoms with E-state index in [2.05, 4.69) is 36.1 Å². The molecule has 1 aromatic heterocycles. The van der Waals surface area contributed by atoms with Gasteiger partial charge in [-0.05, 0) is 24.6 Å². The van der Waals surface area contributed by atoms with Crippen LogP contribution >= 0.6 is 0 Å². The Balaban J connectivity index is 1.40. The van der Waals surface area contributed by atoms with Crippen molar-refractivity contribution in [3.63, 3.8) is 0 Å². The highest BCUT2D eigenvalue weighted by molar-refractivity contribution is 5.93. The van der Waals surface area contributed by atoms with Crippen LogP contribution in [0.25, 0.3) is 0 Å². The van der Waals surface area contributed by atoms with Crippen molar-refractivity contribution in [1.29, 1.82) is 0 Å². The fraction of sp³-hybridized carbons (Fsp3) is 0.435. The number of piperazine rings is 1. The number of benzene rings is 1. The van der Waals surface area contributed by atoms with Crippen LogP contribution < -0.4 is 9.47 Å². The number of hydrogen-bond acceptors (Lipinski definition) is 4. The van der Waals surface area contributed by atoms with Gasteiger partial charge in [-0.2, -0.15) is 0 Å². The molecular formula is C23H29N4O2+. The molecule has 2 aliphatic heterocycles. The van der Waals surface area contributed by atoms with Gasteiger partial charge in [-0.1, -0.05) is 18.2 Å². The largest absolute Gasteiger partial charge is 0.368 e. The lowest BCUT2D eigenvalue weighted by Crippen LogP contribution is -2.53. The van der Waals surface area contributed by atoms with Crippen molar-refractivity contribution in [2.45, 2.75) is 25.9 Å². The molecule has 0 bridgehead atoms. The Morgan fingerprint density at radius 3 is 2.59 bits per heavy atom. The first-order valence-electron chi connectivity index (χ1n) is 10.3. The van der Waals surface area contributed by atoms with E-state index in [0.29, 0.717) is 32.6 Å². The number of anilines is 1. The summed E-state index contributed by atoms with van der Waals surface area (Å²) in [6.45, 7) is 6.16. The van der Waals surface area contributed by atoms with Crippen molar-refractivity contribution >= 4 is 17.4 Å². The minimum Gasteiger partial charge on any atom is -0.368 e. The third kappa shape index (κ3) is 4.32. The van der Waals surface area contributed by atoms with Gasteiger partial charge in [-0.15, -0.1) is 0 Å². The lowest BCUT2D eigenvalue weighted by Gasteiger charge is -2.38. The predicted molar refractivity (Wildman–Crippen MR) is 111 cm³/mol. The lowest BCUT2D eigenvalue weighted by molar-refractivity contribution is -0.672. The number of rotatable bonds is 4. The van der Waals surface area contributed by atoms with Gasteiger partial charge in [0, 0.05) is 56.5 Å². The molecule has 2 aliphatic rings. The van der Waals surface area contributed by atoms with E-state index < -0.39 is 0 Å². The zero-order chi connectivity index (χ0) is 20.4. The zero-order valence-corrected chi connectivity index (χ0v) is 17.3. The lowest BCUT2D eigenvalue weighted by atomic mass is 10.1. The maximum absolute atomic E-state index is 13.2. The van der Waals surface area contributed by atoms with Crippen LogP contribution in [0.15, 0.2) is 48.8 Å². The van der Waals surface area contributed by atoms with Crippen LogP contribution in [-0.2, 0) is 23.2 Å². The average Bonchev–Trinajstić information content (AvgIpc) is 3.08. The van der Waals surface area contributed by atoms with Gasteiger partial charge >= 0.3 is 0 Å². The van der Waals surface area contributed by atoms with Crippen molar-refractivity contribution in [3.05, 3.63) is 59.9 Å². The standard InChI is InChI=1S/C23H29N4O2/c1-18-6-3-4-8-21(18)25-10-12-26(13-11-25)23(29)22-14-20(28)17-27(22)16-19-7-5-9-24(2)15-19/h3-9,15,22H,10-14,16-17H2,1-2H3/q+1. The van der Waals surface area contributed by atoms with Crippen LogP contribution in [0.5, 0.6) is 0 Å². The number of aryl methyl sites for hydroxylation is 2. The summed E-state index contributed by atoms with van der Waals surface area (Å²) in [5, 5.41) is 0.